The number of benzene rings is 1. The first-order valence-electron chi connectivity index (χ1n) is 2.64. The number of rotatable bonds is 0. The fourth-order valence-corrected chi connectivity index (χ4v) is 0.570. The van der Waals surface area contributed by atoms with Crippen molar-refractivity contribution >= 4 is 23.1 Å². The van der Waals surface area contributed by atoms with Gasteiger partial charge in [0.1, 0.15) is 0 Å². The molecule has 12 heavy (non-hydrogen) atoms. The summed E-state index contributed by atoms with van der Waals surface area (Å²) in [4.78, 5) is 0. The van der Waals surface area contributed by atoms with E-state index in [0.29, 0.717) is 0 Å². The summed E-state index contributed by atoms with van der Waals surface area (Å²) < 4.78 is 35.3. The average molecular weight is 184 g/mol. The molecule has 0 atom stereocenters. The van der Waals surface area contributed by atoms with Crippen molar-refractivity contribution in [2.45, 2.75) is 6.18 Å². The van der Waals surface area contributed by atoms with Crippen LogP contribution in [-0.4, -0.2) is 23.1 Å². The minimum absolute atomic E-state index is 0. The fraction of sp³-hybridized carbons (Fsp3) is 0.125. The first kappa shape index (κ1) is 14.3. The van der Waals surface area contributed by atoms with Crippen LogP contribution in [-0.2, 0) is 6.18 Å². The van der Waals surface area contributed by atoms with E-state index in [4.69, 9.17) is 0 Å². The van der Waals surface area contributed by atoms with Gasteiger partial charge in [-0.3, -0.25) is 0 Å². The van der Waals surface area contributed by atoms with Crippen molar-refractivity contribution in [3.8, 4) is 0 Å². The van der Waals surface area contributed by atoms with E-state index in [0.717, 1.165) is 6.07 Å². The van der Waals surface area contributed by atoms with Crippen LogP contribution in [0.5, 0.6) is 0 Å². The molecular formula is C8H7F3Mg. The Bertz CT molecular complexity index is 205. The van der Waals surface area contributed by atoms with Gasteiger partial charge in [0.25, 0.3) is 0 Å². The minimum atomic E-state index is -4.26. The Morgan fingerprint density at radius 1 is 1.17 bits per heavy atom. The molecule has 1 rings (SSSR count). The minimum Gasteiger partial charge on any atom is -0.358 e. The van der Waals surface area contributed by atoms with Crippen molar-refractivity contribution in [3.63, 3.8) is 0 Å². The molecule has 0 unspecified atom stereocenters. The van der Waals surface area contributed by atoms with E-state index in [-0.39, 0.29) is 30.5 Å². The summed E-state index contributed by atoms with van der Waals surface area (Å²) in [7, 11) is 0. The van der Waals surface area contributed by atoms with E-state index in [2.05, 4.69) is 6.07 Å². The molecule has 0 aliphatic heterocycles. The van der Waals surface area contributed by atoms with E-state index >= 15 is 0 Å². The number of hydrogen-bond donors (Lipinski definition) is 0. The van der Waals surface area contributed by atoms with E-state index in [1.54, 1.807) is 0 Å². The molecule has 62 valence electrons. The molecule has 0 N–H and O–H groups in total. The summed E-state index contributed by atoms with van der Waals surface area (Å²) >= 11 is 0. The van der Waals surface area contributed by atoms with E-state index in [9.17, 15) is 13.2 Å². The maximum atomic E-state index is 11.8. The third-order valence-corrected chi connectivity index (χ3v) is 1.01. The molecule has 4 heteroatoms. The molecule has 0 fully saturated rings. The average Bonchev–Trinajstić information content (AvgIpc) is 1.88. The maximum absolute atomic E-state index is 11.8. The van der Waals surface area contributed by atoms with Crippen LogP contribution in [0.3, 0.4) is 0 Å². The zero-order valence-corrected chi connectivity index (χ0v) is 8.06. The van der Waals surface area contributed by atoms with Gasteiger partial charge in [0.05, 0.1) is 0 Å². The number of alkyl halides is 3. The van der Waals surface area contributed by atoms with Gasteiger partial charge in [-0.2, -0.15) is 43.5 Å². The van der Waals surface area contributed by atoms with Crippen molar-refractivity contribution in [2.24, 2.45) is 0 Å². The molecule has 0 saturated carbocycles. The largest absolute Gasteiger partial charge is 2.00 e. The Labute approximate surface area is 85.9 Å². The predicted octanol–water partition coefficient (Wildman–Crippen LogP) is 2.58. The molecule has 0 aliphatic rings. The van der Waals surface area contributed by atoms with Crippen LogP contribution in [0, 0.1) is 13.5 Å². The summed E-state index contributed by atoms with van der Waals surface area (Å²) in [5.41, 5.74) is -0.727. The van der Waals surface area contributed by atoms with Crippen molar-refractivity contribution in [3.05, 3.63) is 43.3 Å². The Hall–Kier alpha value is -0.224. The number of halogens is 3. The van der Waals surface area contributed by atoms with Crippen molar-refractivity contribution < 1.29 is 13.2 Å². The predicted molar refractivity (Wildman–Crippen MR) is 42.4 cm³/mol. The summed E-state index contributed by atoms with van der Waals surface area (Å²) in [5.74, 6) is 0. The van der Waals surface area contributed by atoms with Crippen molar-refractivity contribution in [2.75, 3.05) is 0 Å². The van der Waals surface area contributed by atoms with E-state index in [1.807, 2.05) is 0 Å². The van der Waals surface area contributed by atoms with Gasteiger partial charge in [-0.25, -0.2) is 0 Å². The maximum Gasteiger partial charge on any atom is 2.00 e. The van der Waals surface area contributed by atoms with Crippen LogP contribution in [0.4, 0.5) is 13.2 Å². The van der Waals surface area contributed by atoms with Crippen LogP contribution >= 0.6 is 0 Å². The molecule has 0 radical (unpaired) electrons. The molecule has 1 aromatic rings. The molecule has 0 nitrogen and oxygen atoms in total. The molecule has 0 heterocycles. The molecule has 1 aromatic carbocycles. The molecular weight excluding hydrogens is 177 g/mol. The van der Waals surface area contributed by atoms with Gasteiger partial charge in [0.2, 0.25) is 0 Å². The normalized spacial score (nSPS) is 9.58. The zero-order valence-electron chi connectivity index (χ0n) is 6.65. The molecule has 0 saturated heterocycles. The van der Waals surface area contributed by atoms with Crippen LogP contribution in [0.25, 0.3) is 0 Å². The zero-order chi connectivity index (χ0) is 7.61. The number of hydrogen-bond acceptors (Lipinski definition) is 0. The first-order valence-corrected chi connectivity index (χ1v) is 2.64. The fourth-order valence-electron chi connectivity index (χ4n) is 0.570. The van der Waals surface area contributed by atoms with Crippen molar-refractivity contribution in [1.29, 1.82) is 0 Å². The Morgan fingerprint density at radius 2 is 1.75 bits per heavy atom. The molecule has 0 aromatic heterocycles. The van der Waals surface area contributed by atoms with Gasteiger partial charge in [0.15, 0.2) is 0 Å². The third kappa shape index (κ3) is 3.97. The molecule has 0 amide bonds. The monoisotopic (exact) mass is 184 g/mol. The second-order valence-corrected chi connectivity index (χ2v) is 1.77. The van der Waals surface area contributed by atoms with Gasteiger partial charge >= 0.3 is 29.2 Å². The quantitative estimate of drug-likeness (QED) is 0.429. The van der Waals surface area contributed by atoms with Gasteiger partial charge in [-0.05, 0) is 0 Å². The van der Waals surface area contributed by atoms with E-state index < -0.39 is 11.7 Å². The second-order valence-electron chi connectivity index (χ2n) is 1.77. The Kier molecular flexibility index (Phi) is 6.47. The SMILES string of the molecule is FC(F)(F)c1[c-]cccc1.[CH3-].[Mg+2]. The van der Waals surface area contributed by atoms with Crippen LogP contribution < -0.4 is 0 Å². The summed E-state index contributed by atoms with van der Waals surface area (Å²) in [6, 6.07) is 7.14. The third-order valence-electron chi connectivity index (χ3n) is 1.01. The molecule has 0 aliphatic carbocycles. The first-order chi connectivity index (χ1) is 4.61. The van der Waals surface area contributed by atoms with E-state index in [1.165, 1.54) is 18.2 Å². The van der Waals surface area contributed by atoms with Gasteiger partial charge in [-0.1, -0.05) is 5.56 Å². The Morgan fingerprint density at radius 3 is 2.00 bits per heavy atom. The topological polar surface area (TPSA) is 0 Å². The summed E-state index contributed by atoms with van der Waals surface area (Å²) in [6.45, 7) is 0. The van der Waals surface area contributed by atoms with Gasteiger partial charge < -0.3 is 7.43 Å². The van der Waals surface area contributed by atoms with Crippen LogP contribution in [0.2, 0.25) is 0 Å². The Balaban J connectivity index is 0. The van der Waals surface area contributed by atoms with Crippen LogP contribution in [0.1, 0.15) is 5.56 Å². The van der Waals surface area contributed by atoms with Crippen molar-refractivity contribution in [1.82, 2.24) is 0 Å². The molecule has 0 bridgehead atoms. The smallest absolute Gasteiger partial charge is 0.358 e. The van der Waals surface area contributed by atoms with Gasteiger partial charge in [-0.15, -0.1) is 0 Å². The summed E-state index contributed by atoms with van der Waals surface area (Å²) in [5, 5.41) is 0. The summed E-state index contributed by atoms with van der Waals surface area (Å²) in [6.07, 6.45) is -4.26. The molecule has 0 spiro atoms. The van der Waals surface area contributed by atoms with Crippen LogP contribution in [0.15, 0.2) is 24.3 Å². The standard InChI is InChI=1S/C7H4F3.CH3.Mg/c8-7(9,10)6-4-2-1-3-5-6;;/h1-4H;1H3;/q2*-1;+2. The second kappa shape index (κ2) is 5.43. The van der Waals surface area contributed by atoms with Gasteiger partial charge in [0, 0.05) is 0 Å².